The zero-order valence-electron chi connectivity index (χ0n) is 16.1. The van der Waals surface area contributed by atoms with Gasteiger partial charge in [0.15, 0.2) is 0 Å². The van der Waals surface area contributed by atoms with Gasteiger partial charge in [-0.2, -0.15) is 0 Å². The molecular formula is C23H25NO4. The molecule has 1 N–H and O–H groups in total. The molecule has 28 heavy (non-hydrogen) atoms. The van der Waals surface area contributed by atoms with Crippen LogP contribution in [0.25, 0.3) is 11.1 Å². The van der Waals surface area contributed by atoms with E-state index in [1.807, 2.05) is 31.2 Å². The lowest BCUT2D eigenvalue weighted by Gasteiger charge is -2.42. The van der Waals surface area contributed by atoms with Crippen LogP contribution in [0.1, 0.15) is 49.7 Å². The van der Waals surface area contributed by atoms with E-state index in [4.69, 9.17) is 4.74 Å². The molecule has 146 valence electrons. The summed E-state index contributed by atoms with van der Waals surface area (Å²) in [6.45, 7) is 2.46. The molecule has 2 aromatic carbocycles. The molecule has 5 heteroatoms. The predicted octanol–water partition coefficient (Wildman–Crippen LogP) is 4.65. The van der Waals surface area contributed by atoms with Gasteiger partial charge in [0.25, 0.3) is 0 Å². The Bertz CT molecular complexity index is 863. The summed E-state index contributed by atoms with van der Waals surface area (Å²) in [7, 11) is 0. The van der Waals surface area contributed by atoms with Gasteiger partial charge in [-0.25, -0.2) is 9.59 Å². The summed E-state index contributed by atoms with van der Waals surface area (Å²) in [5.41, 5.74) is 3.49. The van der Waals surface area contributed by atoms with Crippen molar-refractivity contribution >= 4 is 12.1 Å². The lowest BCUT2D eigenvalue weighted by atomic mass is 9.84. The first-order chi connectivity index (χ1) is 13.6. The zero-order chi connectivity index (χ0) is 19.7. The van der Waals surface area contributed by atoms with Crippen molar-refractivity contribution in [3.8, 4) is 11.1 Å². The van der Waals surface area contributed by atoms with Gasteiger partial charge in [0.05, 0.1) is 0 Å². The minimum absolute atomic E-state index is 0.0259. The summed E-state index contributed by atoms with van der Waals surface area (Å²) in [6.07, 6.45) is 1.95. The van der Waals surface area contributed by atoms with Crippen LogP contribution in [0.3, 0.4) is 0 Å². The van der Waals surface area contributed by atoms with Gasteiger partial charge < -0.3 is 9.84 Å². The van der Waals surface area contributed by atoms with Crippen molar-refractivity contribution in [2.45, 2.75) is 44.1 Å². The molecule has 1 aliphatic carbocycles. The molecule has 1 aliphatic heterocycles. The van der Waals surface area contributed by atoms with Crippen molar-refractivity contribution in [1.29, 1.82) is 0 Å². The summed E-state index contributed by atoms with van der Waals surface area (Å²) in [4.78, 5) is 26.3. The van der Waals surface area contributed by atoms with Crippen molar-refractivity contribution in [2.24, 2.45) is 0 Å². The third-order valence-electron chi connectivity index (χ3n) is 6.28. The van der Waals surface area contributed by atoms with Crippen molar-refractivity contribution in [1.82, 2.24) is 4.90 Å². The molecule has 1 heterocycles. The maximum absolute atomic E-state index is 12.9. The van der Waals surface area contributed by atoms with Crippen LogP contribution in [0.2, 0.25) is 0 Å². The molecule has 1 atom stereocenters. The number of carbonyl (C=O) groups excluding carboxylic acids is 1. The van der Waals surface area contributed by atoms with E-state index in [9.17, 15) is 14.7 Å². The fourth-order valence-corrected chi connectivity index (χ4v) is 4.72. The van der Waals surface area contributed by atoms with E-state index >= 15 is 0 Å². The molecule has 0 aromatic heterocycles. The molecule has 5 nitrogen and oxygen atoms in total. The second-order valence-electron chi connectivity index (χ2n) is 7.60. The second kappa shape index (κ2) is 7.30. The molecule has 0 radical (unpaired) electrons. The van der Waals surface area contributed by atoms with Crippen LogP contribution in [0.4, 0.5) is 4.79 Å². The van der Waals surface area contributed by atoms with E-state index in [1.165, 1.54) is 16.0 Å². The number of amides is 1. The number of ether oxygens (including phenoxy) is 1. The number of fused-ring (bicyclic) bond motifs is 3. The highest BCUT2D eigenvalue weighted by molar-refractivity contribution is 5.85. The Morgan fingerprint density at radius 3 is 2.25 bits per heavy atom. The Labute approximate surface area is 164 Å². The molecule has 1 amide bonds. The number of likely N-dealkylation sites (tertiary alicyclic amines) is 1. The summed E-state index contributed by atoms with van der Waals surface area (Å²) in [6, 6.07) is 16.3. The van der Waals surface area contributed by atoms with E-state index in [-0.39, 0.29) is 12.5 Å². The normalized spacial score (nSPS) is 21.1. The zero-order valence-corrected chi connectivity index (χ0v) is 16.1. The van der Waals surface area contributed by atoms with Crippen LogP contribution in [0.5, 0.6) is 0 Å². The third-order valence-corrected chi connectivity index (χ3v) is 6.28. The van der Waals surface area contributed by atoms with E-state index in [0.717, 1.165) is 24.0 Å². The molecule has 2 aromatic rings. The van der Waals surface area contributed by atoms with Gasteiger partial charge in [0.1, 0.15) is 12.1 Å². The van der Waals surface area contributed by atoms with Gasteiger partial charge in [-0.3, -0.25) is 4.90 Å². The van der Waals surface area contributed by atoms with Gasteiger partial charge in [0, 0.05) is 12.5 Å². The molecule has 1 fully saturated rings. The van der Waals surface area contributed by atoms with E-state index in [1.54, 1.807) is 0 Å². The Morgan fingerprint density at radius 2 is 1.68 bits per heavy atom. The Hall–Kier alpha value is -2.82. The monoisotopic (exact) mass is 379 g/mol. The second-order valence-corrected chi connectivity index (χ2v) is 7.60. The van der Waals surface area contributed by atoms with Crippen LogP contribution in [-0.2, 0) is 9.53 Å². The molecule has 0 bridgehead atoms. The largest absolute Gasteiger partial charge is 0.479 e. The first-order valence-electron chi connectivity index (χ1n) is 9.94. The number of hydrogen-bond acceptors (Lipinski definition) is 3. The maximum atomic E-state index is 12.9. The summed E-state index contributed by atoms with van der Waals surface area (Å²) in [5, 5.41) is 9.80. The van der Waals surface area contributed by atoms with Crippen molar-refractivity contribution in [3.05, 3.63) is 59.7 Å². The smallest absolute Gasteiger partial charge is 0.410 e. The molecule has 0 spiro atoms. The lowest BCUT2D eigenvalue weighted by molar-refractivity contribution is -0.153. The fourth-order valence-electron chi connectivity index (χ4n) is 4.72. The van der Waals surface area contributed by atoms with Crippen LogP contribution < -0.4 is 0 Å². The number of benzene rings is 2. The molecule has 2 aliphatic rings. The third kappa shape index (κ3) is 2.86. The van der Waals surface area contributed by atoms with Crippen molar-refractivity contribution in [2.75, 3.05) is 13.2 Å². The summed E-state index contributed by atoms with van der Waals surface area (Å²) < 4.78 is 5.71. The van der Waals surface area contributed by atoms with E-state index < -0.39 is 17.6 Å². The minimum Gasteiger partial charge on any atom is -0.479 e. The first kappa shape index (κ1) is 18.5. The highest BCUT2D eigenvalue weighted by Crippen LogP contribution is 2.44. The van der Waals surface area contributed by atoms with Crippen molar-refractivity contribution in [3.63, 3.8) is 0 Å². The summed E-state index contributed by atoms with van der Waals surface area (Å²) in [5.74, 6) is -0.967. The summed E-state index contributed by atoms with van der Waals surface area (Å²) >= 11 is 0. The van der Waals surface area contributed by atoms with E-state index in [0.29, 0.717) is 19.4 Å². The molecule has 1 unspecified atom stereocenters. The SMILES string of the molecule is CCC1(C(=O)O)CCCCN1C(=O)OCC1c2ccccc2-c2ccccc21. The van der Waals surface area contributed by atoms with Crippen LogP contribution in [0.15, 0.2) is 48.5 Å². The standard InChI is InChI=1S/C23H25NO4/c1-2-23(21(25)26)13-7-8-14-24(23)22(27)28-15-20-18-11-5-3-9-16(18)17-10-4-6-12-19(17)20/h3-6,9-12,20H,2,7-8,13-15H2,1H3,(H,25,26). The number of nitrogens with zero attached hydrogens (tertiary/aromatic N) is 1. The minimum atomic E-state index is -1.15. The van der Waals surface area contributed by atoms with Gasteiger partial charge in [-0.15, -0.1) is 0 Å². The van der Waals surface area contributed by atoms with Gasteiger partial charge in [-0.05, 0) is 47.9 Å². The number of piperidine rings is 1. The Morgan fingerprint density at radius 1 is 1.07 bits per heavy atom. The topological polar surface area (TPSA) is 66.8 Å². The maximum Gasteiger partial charge on any atom is 0.410 e. The van der Waals surface area contributed by atoms with Gasteiger partial charge in [-0.1, -0.05) is 55.5 Å². The van der Waals surface area contributed by atoms with Crippen LogP contribution in [0, 0.1) is 0 Å². The average Bonchev–Trinajstić information content (AvgIpc) is 3.05. The molecular weight excluding hydrogens is 354 g/mol. The van der Waals surface area contributed by atoms with Crippen LogP contribution >= 0.6 is 0 Å². The number of rotatable bonds is 4. The first-order valence-corrected chi connectivity index (χ1v) is 9.94. The molecule has 0 saturated carbocycles. The highest BCUT2D eigenvalue weighted by Gasteiger charge is 2.47. The Kier molecular flexibility index (Phi) is 4.84. The number of carboxylic acid groups (broad SMARTS) is 1. The fraction of sp³-hybridized carbons (Fsp3) is 0.391. The predicted molar refractivity (Wildman–Crippen MR) is 106 cm³/mol. The molecule has 4 rings (SSSR count). The Balaban J connectivity index is 1.56. The highest BCUT2D eigenvalue weighted by atomic mass is 16.6. The number of carbonyl (C=O) groups is 2. The molecule has 1 saturated heterocycles. The van der Waals surface area contributed by atoms with Gasteiger partial charge >= 0.3 is 12.1 Å². The quantitative estimate of drug-likeness (QED) is 0.839. The van der Waals surface area contributed by atoms with Crippen LogP contribution in [-0.4, -0.2) is 40.8 Å². The van der Waals surface area contributed by atoms with Gasteiger partial charge in [0.2, 0.25) is 0 Å². The van der Waals surface area contributed by atoms with E-state index in [2.05, 4.69) is 24.3 Å². The van der Waals surface area contributed by atoms with Crippen molar-refractivity contribution < 1.29 is 19.4 Å². The average molecular weight is 379 g/mol. The lowest BCUT2D eigenvalue weighted by Crippen LogP contribution is -2.59. The number of hydrogen-bond donors (Lipinski definition) is 1. The number of carboxylic acids is 1. The number of aliphatic carboxylic acids is 1.